The second-order valence-electron chi connectivity index (χ2n) is 4.18. The minimum atomic E-state index is -0.563. The zero-order valence-corrected chi connectivity index (χ0v) is 11.8. The highest BCUT2D eigenvalue weighted by atomic mass is 35.5. The molecule has 0 aliphatic carbocycles. The summed E-state index contributed by atoms with van der Waals surface area (Å²) in [6.07, 6.45) is 1.41. The van der Waals surface area contributed by atoms with E-state index in [4.69, 9.17) is 17.3 Å². The molecule has 0 fully saturated rings. The fourth-order valence-electron chi connectivity index (χ4n) is 1.66. The number of aromatic nitrogens is 1. The number of nitrogens with two attached hydrogens (primary N) is 1. The molecule has 0 aliphatic rings. The molecule has 0 bridgehead atoms. The van der Waals surface area contributed by atoms with Gasteiger partial charge in [-0.2, -0.15) is 4.99 Å². The number of hydrogen-bond donors (Lipinski definition) is 2. The largest absolute Gasteiger partial charge is 0.369 e. The highest BCUT2D eigenvalue weighted by molar-refractivity contribution is 6.30. The smallest absolute Gasteiger partial charge is 0.313 e. The third-order valence-electron chi connectivity index (χ3n) is 2.64. The van der Waals surface area contributed by atoms with E-state index in [2.05, 4.69) is 15.3 Å². The van der Waals surface area contributed by atoms with Gasteiger partial charge >= 0.3 is 5.69 Å². The van der Waals surface area contributed by atoms with E-state index in [0.717, 1.165) is 5.56 Å². The van der Waals surface area contributed by atoms with Crippen molar-refractivity contribution in [2.45, 2.75) is 6.92 Å². The van der Waals surface area contributed by atoms with Crippen LogP contribution in [-0.4, -0.2) is 15.9 Å². The number of hydrogen-bond acceptors (Lipinski definition) is 4. The Labute approximate surface area is 125 Å². The molecule has 2 rings (SSSR count). The Hall–Kier alpha value is -2.67. The first kappa shape index (κ1) is 14.7. The lowest BCUT2D eigenvalue weighted by molar-refractivity contribution is -0.384. The van der Waals surface area contributed by atoms with E-state index < -0.39 is 4.92 Å². The van der Waals surface area contributed by atoms with Gasteiger partial charge in [-0.3, -0.25) is 10.1 Å². The molecule has 8 heteroatoms. The molecule has 7 nitrogen and oxygen atoms in total. The number of pyridine rings is 1. The Balaban J connectivity index is 2.28. The standard InChI is InChI=1S/C13H12ClN5O2/c1-8-7-9(14)4-5-10(8)17-13(15)18-12-11(19(20)21)3-2-6-16-12/h2-7H,1H3,(H3,15,16,17,18). The highest BCUT2D eigenvalue weighted by Gasteiger charge is 2.13. The molecule has 21 heavy (non-hydrogen) atoms. The van der Waals surface area contributed by atoms with Crippen LogP contribution < -0.4 is 11.1 Å². The van der Waals surface area contributed by atoms with Crippen molar-refractivity contribution in [1.82, 2.24) is 4.98 Å². The summed E-state index contributed by atoms with van der Waals surface area (Å²) in [4.78, 5) is 18.1. The van der Waals surface area contributed by atoms with Gasteiger partial charge in [0.1, 0.15) is 0 Å². The van der Waals surface area contributed by atoms with Crippen molar-refractivity contribution in [2.24, 2.45) is 10.7 Å². The van der Waals surface area contributed by atoms with Crippen LogP contribution >= 0.6 is 11.6 Å². The number of nitro groups is 1. The van der Waals surface area contributed by atoms with E-state index in [0.29, 0.717) is 10.7 Å². The normalized spacial score (nSPS) is 11.2. The molecular weight excluding hydrogens is 294 g/mol. The molecule has 1 aromatic heterocycles. The van der Waals surface area contributed by atoms with E-state index in [1.165, 1.54) is 18.3 Å². The highest BCUT2D eigenvalue weighted by Crippen LogP contribution is 2.24. The maximum absolute atomic E-state index is 10.9. The summed E-state index contributed by atoms with van der Waals surface area (Å²) in [5, 5.41) is 14.3. The molecule has 0 spiro atoms. The van der Waals surface area contributed by atoms with Gasteiger partial charge in [0.15, 0.2) is 5.96 Å². The number of nitrogens with zero attached hydrogens (tertiary/aromatic N) is 3. The lowest BCUT2D eigenvalue weighted by Gasteiger charge is -2.08. The minimum Gasteiger partial charge on any atom is -0.369 e. The number of anilines is 1. The monoisotopic (exact) mass is 305 g/mol. The topological polar surface area (TPSA) is 106 Å². The van der Waals surface area contributed by atoms with Crippen molar-refractivity contribution in [2.75, 3.05) is 5.32 Å². The van der Waals surface area contributed by atoms with E-state index in [1.54, 1.807) is 18.2 Å². The van der Waals surface area contributed by atoms with Gasteiger partial charge in [-0.15, -0.1) is 0 Å². The summed E-state index contributed by atoms with van der Waals surface area (Å²) in [5.74, 6) is -0.0543. The van der Waals surface area contributed by atoms with Crippen molar-refractivity contribution in [3.8, 4) is 0 Å². The van der Waals surface area contributed by atoms with Crippen LogP contribution in [-0.2, 0) is 0 Å². The van der Waals surface area contributed by atoms with Crippen LogP contribution in [0.3, 0.4) is 0 Å². The van der Waals surface area contributed by atoms with Gasteiger partial charge in [-0.25, -0.2) is 4.98 Å². The minimum absolute atomic E-state index is 0.00206. The number of rotatable bonds is 3. The molecular formula is C13H12ClN5O2. The third-order valence-corrected chi connectivity index (χ3v) is 2.88. The average molecular weight is 306 g/mol. The molecule has 2 aromatic rings. The fourth-order valence-corrected chi connectivity index (χ4v) is 1.89. The number of aryl methyl sites for hydroxylation is 1. The average Bonchev–Trinajstić information content (AvgIpc) is 2.42. The first-order valence-corrected chi connectivity index (χ1v) is 6.32. The summed E-state index contributed by atoms with van der Waals surface area (Å²) in [6.45, 7) is 1.85. The van der Waals surface area contributed by atoms with Crippen LogP contribution in [0.2, 0.25) is 5.02 Å². The first-order chi connectivity index (χ1) is 9.97. The molecule has 0 aliphatic heterocycles. The SMILES string of the molecule is Cc1cc(Cl)ccc1N/C(N)=N/c1ncccc1[N+](=O)[O-]. The maximum atomic E-state index is 10.9. The maximum Gasteiger partial charge on any atom is 0.313 e. The Bertz CT molecular complexity index is 717. The van der Waals surface area contributed by atoms with Crippen molar-refractivity contribution >= 4 is 34.8 Å². The number of guanidine groups is 1. The summed E-state index contributed by atoms with van der Waals surface area (Å²) in [6, 6.07) is 7.98. The Morgan fingerprint density at radius 1 is 1.48 bits per heavy atom. The van der Waals surface area contributed by atoms with Crippen LogP contribution in [0.15, 0.2) is 41.5 Å². The van der Waals surface area contributed by atoms with E-state index in [9.17, 15) is 10.1 Å². The zero-order chi connectivity index (χ0) is 15.4. The first-order valence-electron chi connectivity index (χ1n) is 5.94. The van der Waals surface area contributed by atoms with Crippen molar-refractivity contribution < 1.29 is 4.92 Å². The molecule has 1 heterocycles. The summed E-state index contributed by atoms with van der Waals surface area (Å²) >= 11 is 5.86. The molecule has 0 unspecified atom stereocenters. The van der Waals surface area contributed by atoms with Gasteiger partial charge in [0, 0.05) is 23.0 Å². The summed E-state index contributed by atoms with van der Waals surface area (Å²) in [7, 11) is 0. The number of benzene rings is 1. The second-order valence-corrected chi connectivity index (χ2v) is 4.62. The van der Waals surface area contributed by atoms with Crippen LogP contribution in [0.5, 0.6) is 0 Å². The Morgan fingerprint density at radius 2 is 2.24 bits per heavy atom. The number of aliphatic imine (C=N–C) groups is 1. The second kappa shape index (κ2) is 6.19. The van der Waals surface area contributed by atoms with Crippen molar-refractivity contribution in [3.05, 3.63) is 57.2 Å². The van der Waals surface area contributed by atoms with Crippen LogP contribution in [0.1, 0.15) is 5.56 Å². The van der Waals surface area contributed by atoms with Crippen LogP contribution in [0.4, 0.5) is 17.2 Å². The van der Waals surface area contributed by atoms with Gasteiger partial charge in [-0.05, 0) is 36.8 Å². The summed E-state index contributed by atoms with van der Waals surface area (Å²) in [5.41, 5.74) is 7.12. The molecule has 3 N–H and O–H groups in total. The van der Waals surface area contributed by atoms with Crippen LogP contribution in [0.25, 0.3) is 0 Å². The predicted molar refractivity (Wildman–Crippen MR) is 82.0 cm³/mol. The molecule has 108 valence electrons. The Morgan fingerprint density at radius 3 is 2.90 bits per heavy atom. The molecule has 0 atom stereocenters. The molecule has 0 amide bonds. The van der Waals surface area contributed by atoms with Crippen molar-refractivity contribution in [1.29, 1.82) is 0 Å². The number of nitrogens with one attached hydrogen (secondary N) is 1. The van der Waals surface area contributed by atoms with Crippen LogP contribution in [0, 0.1) is 17.0 Å². The van der Waals surface area contributed by atoms with E-state index in [-0.39, 0.29) is 17.5 Å². The lowest BCUT2D eigenvalue weighted by Crippen LogP contribution is -2.22. The van der Waals surface area contributed by atoms with Gasteiger partial charge < -0.3 is 11.1 Å². The van der Waals surface area contributed by atoms with Gasteiger partial charge in [-0.1, -0.05) is 11.6 Å². The van der Waals surface area contributed by atoms with Crippen molar-refractivity contribution in [3.63, 3.8) is 0 Å². The molecule has 1 aromatic carbocycles. The third kappa shape index (κ3) is 3.67. The molecule has 0 saturated carbocycles. The zero-order valence-electron chi connectivity index (χ0n) is 11.1. The predicted octanol–water partition coefficient (Wildman–Crippen LogP) is 3.01. The van der Waals surface area contributed by atoms with E-state index >= 15 is 0 Å². The molecule has 0 radical (unpaired) electrons. The fraction of sp³-hybridized carbons (Fsp3) is 0.0769. The quantitative estimate of drug-likeness (QED) is 0.392. The Kier molecular flexibility index (Phi) is 4.34. The van der Waals surface area contributed by atoms with Gasteiger partial charge in [0.05, 0.1) is 4.92 Å². The number of halogens is 1. The van der Waals surface area contributed by atoms with Gasteiger partial charge in [0.2, 0.25) is 5.82 Å². The lowest BCUT2D eigenvalue weighted by atomic mass is 10.2. The van der Waals surface area contributed by atoms with Gasteiger partial charge in [0.25, 0.3) is 0 Å². The van der Waals surface area contributed by atoms with E-state index in [1.807, 2.05) is 6.92 Å². The molecule has 0 saturated heterocycles. The summed E-state index contributed by atoms with van der Waals surface area (Å²) < 4.78 is 0.